The van der Waals surface area contributed by atoms with E-state index < -0.39 is 0 Å². The summed E-state index contributed by atoms with van der Waals surface area (Å²) in [7, 11) is 1.61. The number of anilines is 3. The average Bonchev–Trinajstić information content (AvgIpc) is 2.69. The molecule has 0 radical (unpaired) electrons. The SMILES string of the molecule is COc1ccc(Nc2cnc(C(=O)Nc3ccc(C#N)cc3)cn2)cc1. The number of rotatable bonds is 5. The Morgan fingerprint density at radius 1 is 1.00 bits per heavy atom. The van der Waals surface area contributed by atoms with Gasteiger partial charge in [-0.2, -0.15) is 5.26 Å². The molecule has 7 heteroatoms. The van der Waals surface area contributed by atoms with E-state index in [9.17, 15) is 4.79 Å². The lowest BCUT2D eigenvalue weighted by Gasteiger charge is -2.07. The molecular weight excluding hydrogens is 330 g/mol. The highest BCUT2D eigenvalue weighted by Crippen LogP contribution is 2.18. The van der Waals surface area contributed by atoms with Gasteiger partial charge in [0.2, 0.25) is 0 Å². The van der Waals surface area contributed by atoms with Gasteiger partial charge in [-0.1, -0.05) is 0 Å². The van der Waals surface area contributed by atoms with E-state index in [2.05, 4.69) is 20.6 Å². The Balaban J connectivity index is 1.64. The van der Waals surface area contributed by atoms with Crippen molar-refractivity contribution in [2.24, 2.45) is 0 Å². The summed E-state index contributed by atoms with van der Waals surface area (Å²) in [5, 5.41) is 14.6. The summed E-state index contributed by atoms with van der Waals surface area (Å²) >= 11 is 0. The number of carbonyl (C=O) groups excluding carboxylic acids is 1. The number of nitriles is 1. The van der Waals surface area contributed by atoms with Crippen molar-refractivity contribution in [2.45, 2.75) is 0 Å². The van der Waals surface area contributed by atoms with Crippen molar-refractivity contribution < 1.29 is 9.53 Å². The second-order valence-corrected chi connectivity index (χ2v) is 5.28. The van der Waals surface area contributed by atoms with Crippen LogP contribution < -0.4 is 15.4 Å². The summed E-state index contributed by atoms with van der Waals surface area (Å²) in [6.45, 7) is 0. The van der Waals surface area contributed by atoms with E-state index in [1.165, 1.54) is 12.4 Å². The molecule has 0 aliphatic rings. The minimum Gasteiger partial charge on any atom is -0.497 e. The Labute approximate surface area is 150 Å². The van der Waals surface area contributed by atoms with Crippen LogP contribution in [0.15, 0.2) is 60.9 Å². The molecule has 1 aromatic heterocycles. The number of ether oxygens (including phenoxy) is 1. The van der Waals surface area contributed by atoms with Crippen molar-refractivity contribution in [3.63, 3.8) is 0 Å². The number of hydrogen-bond acceptors (Lipinski definition) is 6. The predicted molar refractivity (Wildman–Crippen MR) is 97.4 cm³/mol. The van der Waals surface area contributed by atoms with Crippen molar-refractivity contribution in [1.82, 2.24) is 9.97 Å². The first kappa shape index (κ1) is 16.9. The van der Waals surface area contributed by atoms with Crippen LogP contribution in [0.2, 0.25) is 0 Å². The van der Waals surface area contributed by atoms with E-state index in [-0.39, 0.29) is 11.6 Å². The lowest BCUT2D eigenvalue weighted by atomic mass is 10.2. The summed E-state index contributed by atoms with van der Waals surface area (Å²) in [4.78, 5) is 20.5. The lowest BCUT2D eigenvalue weighted by Crippen LogP contribution is -2.14. The van der Waals surface area contributed by atoms with Gasteiger partial charge in [0.25, 0.3) is 5.91 Å². The molecule has 0 fully saturated rings. The summed E-state index contributed by atoms with van der Waals surface area (Å²) in [5.74, 6) is 0.903. The van der Waals surface area contributed by atoms with Gasteiger partial charge in [-0.25, -0.2) is 9.97 Å². The molecule has 0 atom stereocenters. The van der Waals surface area contributed by atoms with Gasteiger partial charge in [0.15, 0.2) is 0 Å². The van der Waals surface area contributed by atoms with E-state index in [1.54, 1.807) is 31.4 Å². The first-order valence-corrected chi connectivity index (χ1v) is 7.72. The van der Waals surface area contributed by atoms with Gasteiger partial charge in [0.1, 0.15) is 17.3 Å². The fourth-order valence-electron chi connectivity index (χ4n) is 2.16. The van der Waals surface area contributed by atoms with Crippen molar-refractivity contribution in [2.75, 3.05) is 17.7 Å². The maximum absolute atomic E-state index is 12.2. The molecule has 0 saturated heterocycles. The highest BCUT2D eigenvalue weighted by atomic mass is 16.5. The third-order valence-corrected chi connectivity index (χ3v) is 3.52. The number of benzene rings is 2. The largest absolute Gasteiger partial charge is 0.497 e. The van der Waals surface area contributed by atoms with E-state index in [0.29, 0.717) is 17.1 Å². The van der Waals surface area contributed by atoms with Crippen LogP contribution in [0.5, 0.6) is 5.75 Å². The van der Waals surface area contributed by atoms with Crippen LogP contribution in [-0.2, 0) is 0 Å². The smallest absolute Gasteiger partial charge is 0.275 e. The second kappa shape index (κ2) is 7.77. The zero-order valence-electron chi connectivity index (χ0n) is 13.9. The molecule has 0 bridgehead atoms. The number of methoxy groups -OCH3 is 1. The fourth-order valence-corrected chi connectivity index (χ4v) is 2.16. The van der Waals surface area contributed by atoms with Crippen molar-refractivity contribution in [3.8, 4) is 11.8 Å². The van der Waals surface area contributed by atoms with Crippen LogP contribution in [0.4, 0.5) is 17.2 Å². The molecule has 0 unspecified atom stereocenters. The molecule has 2 aromatic carbocycles. The Morgan fingerprint density at radius 3 is 2.27 bits per heavy atom. The maximum Gasteiger partial charge on any atom is 0.275 e. The van der Waals surface area contributed by atoms with Crippen LogP contribution in [0.3, 0.4) is 0 Å². The van der Waals surface area contributed by atoms with Crippen molar-refractivity contribution in [3.05, 3.63) is 72.2 Å². The molecule has 0 aliphatic carbocycles. The Hall–Kier alpha value is -3.92. The first-order chi connectivity index (χ1) is 12.7. The van der Waals surface area contributed by atoms with Crippen LogP contribution in [0.1, 0.15) is 16.1 Å². The minimum atomic E-state index is -0.377. The van der Waals surface area contributed by atoms with E-state index in [1.807, 2.05) is 30.3 Å². The monoisotopic (exact) mass is 345 g/mol. The Morgan fingerprint density at radius 2 is 1.69 bits per heavy atom. The topological polar surface area (TPSA) is 99.9 Å². The van der Waals surface area contributed by atoms with Gasteiger partial charge in [-0.15, -0.1) is 0 Å². The molecule has 1 heterocycles. The maximum atomic E-state index is 12.2. The molecule has 2 N–H and O–H groups in total. The summed E-state index contributed by atoms with van der Waals surface area (Å²) < 4.78 is 5.11. The molecule has 1 amide bonds. The normalized spacial score (nSPS) is 9.85. The van der Waals surface area contributed by atoms with Crippen molar-refractivity contribution in [1.29, 1.82) is 5.26 Å². The van der Waals surface area contributed by atoms with Gasteiger partial charge in [-0.3, -0.25) is 4.79 Å². The van der Waals surface area contributed by atoms with Crippen LogP contribution >= 0.6 is 0 Å². The Bertz CT molecular complexity index is 930. The summed E-state index contributed by atoms with van der Waals surface area (Å²) in [6.07, 6.45) is 2.88. The summed E-state index contributed by atoms with van der Waals surface area (Å²) in [6, 6.07) is 16.0. The Kier molecular flexibility index (Phi) is 5.05. The van der Waals surface area contributed by atoms with Gasteiger partial charge in [-0.05, 0) is 48.5 Å². The zero-order chi connectivity index (χ0) is 18.4. The fraction of sp³-hybridized carbons (Fsp3) is 0.0526. The minimum absolute atomic E-state index is 0.189. The van der Waals surface area contributed by atoms with Crippen LogP contribution in [0.25, 0.3) is 0 Å². The highest BCUT2D eigenvalue weighted by Gasteiger charge is 2.09. The molecule has 7 nitrogen and oxygen atoms in total. The van der Waals surface area contributed by atoms with Gasteiger partial charge < -0.3 is 15.4 Å². The third-order valence-electron chi connectivity index (χ3n) is 3.52. The van der Waals surface area contributed by atoms with E-state index in [4.69, 9.17) is 10.00 Å². The highest BCUT2D eigenvalue weighted by molar-refractivity contribution is 6.02. The standard InChI is InChI=1S/C19H15N5O2/c1-26-16-8-6-14(7-9-16)23-18-12-21-17(11-22-18)19(25)24-15-4-2-13(10-20)3-5-15/h2-9,11-12H,1H3,(H,22,23)(H,24,25). The predicted octanol–water partition coefficient (Wildman–Crippen LogP) is 3.35. The van der Waals surface area contributed by atoms with E-state index >= 15 is 0 Å². The lowest BCUT2D eigenvalue weighted by molar-refractivity contribution is 0.102. The first-order valence-electron chi connectivity index (χ1n) is 7.72. The zero-order valence-corrected chi connectivity index (χ0v) is 13.9. The molecule has 3 rings (SSSR count). The number of nitrogens with one attached hydrogen (secondary N) is 2. The van der Waals surface area contributed by atoms with Gasteiger partial charge in [0.05, 0.1) is 31.1 Å². The second-order valence-electron chi connectivity index (χ2n) is 5.28. The average molecular weight is 345 g/mol. The molecule has 26 heavy (non-hydrogen) atoms. The van der Waals surface area contributed by atoms with Gasteiger partial charge in [0, 0.05) is 11.4 Å². The molecule has 128 valence electrons. The van der Waals surface area contributed by atoms with Crippen LogP contribution in [-0.4, -0.2) is 23.0 Å². The van der Waals surface area contributed by atoms with Gasteiger partial charge >= 0.3 is 0 Å². The van der Waals surface area contributed by atoms with Crippen LogP contribution in [0, 0.1) is 11.3 Å². The molecule has 0 spiro atoms. The number of amides is 1. The number of aromatic nitrogens is 2. The van der Waals surface area contributed by atoms with Crippen molar-refractivity contribution >= 4 is 23.1 Å². The molecular formula is C19H15N5O2. The number of nitrogens with zero attached hydrogens (tertiary/aromatic N) is 3. The summed E-state index contributed by atoms with van der Waals surface area (Å²) in [5.41, 5.74) is 2.12. The van der Waals surface area contributed by atoms with E-state index in [0.717, 1.165) is 11.4 Å². The molecule has 3 aromatic rings. The third kappa shape index (κ3) is 4.13. The number of hydrogen-bond donors (Lipinski definition) is 2. The molecule has 0 saturated carbocycles. The number of carbonyl (C=O) groups is 1. The quantitative estimate of drug-likeness (QED) is 0.735. The molecule has 0 aliphatic heterocycles.